The van der Waals surface area contributed by atoms with Crippen molar-refractivity contribution in [3.05, 3.63) is 42.0 Å². The minimum Gasteiger partial charge on any atom is -0.497 e. The Morgan fingerprint density at radius 2 is 1.76 bits per heavy atom. The van der Waals surface area contributed by atoms with Crippen LogP contribution < -0.4 is 4.74 Å². The maximum atomic E-state index is 12.0. The molecule has 112 valence electrons. The second-order valence-corrected chi connectivity index (χ2v) is 4.85. The van der Waals surface area contributed by atoms with Crippen LogP contribution in [0, 0.1) is 0 Å². The van der Waals surface area contributed by atoms with Gasteiger partial charge in [0.1, 0.15) is 12.4 Å². The van der Waals surface area contributed by atoms with Crippen molar-refractivity contribution in [2.75, 3.05) is 27.4 Å². The third-order valence-corrected chi connectivity index (χ3v) is 3.46. The molecule has 4 heteroatoms. The molecule has 0 unspecified atom stereocenters. The molecule has 1 atom stereocenters. The van der Waals surface area contributed by atoms with Crippen LogP contribution in [-0.4, -0.2) is 33.4 Å². The van der Waals surface area contributed by atoms with Gasteiger partial charge in [-0.3, -0.25) is 4.79 Å². The molecule has 0 aliphatic carbocycles. The van der Waals surface area contributed by atoms with Crippen LogP contribution in [0.5, 0.6) is 5.75 Å². The van der Waals surface area contributed by atoms with Gasteiger partial charge in [0.05, 0.1) is 19.6 Å². The van der Waals surface area contributed by atoms with Crippen LogP contribution in [0.1, 0.15) is 18.4 Å². The van der Waals surface area contributed by atoms with E-state index in [1.165, 1.54) is 0 Å². The van der Waals surface area contributed by atoms with Crippen LogP contribution in [0.15, 0.2) is 36.4 Å². The normalized spacial score (nSPS) is 12.1. The largest absolute Gasteiger partial charge is 0.497 e. The Morgan fingerprint density at radius 3 is 2.48 bits per heavy atom. The molecule has 0 aliphatic heterocycles. The van der Waals surface area contributed by atoms with Gasteiger partial charge in [-0.25, -0.2) is 0 Å². The number of benzene rings is 2. The molecule has 0 heterocycles. The molecule has 4 nitrogen and oxygen atoms in total. The van der Waals surface area contributed by atoms with Crippen LogP contribution in [0.3, 0.4) is 0 Å². The van der Waals surface area contributed by atoms with Crippen LogP contribution in [-0.2, 0) is 14.3 Å². The SMILES string of the molecule is COCCOC(=O)[C@@H](C)c1ccc2cc(OC)ccc2c1. The van der Waals surface area contributed by atoms with Crippen molar-refractivity contribution in [2.45, 2.75) is 12.8 Å². The lowest BCUT2D eigenvalue weighted by Crippen LogP contribution is -2.15. The number of rotatable bonds is 6. The summed E-state index contributed by atoms with van der Waals surface area (Å²) in [7, 11) is 3.22. The zero-order chi connectivity index (χ0) is 15.2. The zero-order valence-electron chi connectivity index (χ0n) is 12.6. The first kappa shape index (κ1) is 15.3. The maximum absolute atomic E-state index is 12.0. The summed E-state index contributed by atoms with van der Waals surface area (Å²) in [5.74, 6) is 0.288. The summed E-state index contributed by atoms with van der Waals surface area (Å²) in [5, 5.41) is 2.16. The van der Waals surface area contributed by atoms with Crippen molar-refractivity contribution in [3.63, 3.8) is 0 Å². The summed E-state index contributed by atoms with van der Waals surface area (Å²) in [6.07, 6.45) is 0. The minimum atomic E-state index is -0.298. The van der Waals surface area contributed by atoms with Gasteiger partial charge in [-0.05, 0) is 35.4 Å². The highest BCUT2D eigenvalue weighted by Gasteiger charge is 2.17. The number of hydrogen-bond acceptors (Lipinski definition) is 4. The standard InChI is InChI=1S/C17H20O4/c1-12(17(18)21-9-8-19-2)13-4-5-15-11-16(20-3)7-6-14(15)10-13/h4-7,10-12H,8-9H2,1-3H3/t12-/m0/s1. The highest BCUT2D eigenvalue weighted by Crippen LogP contribution is 2.25. The fourth-order valence-corrected chi connectivity index (χ4v) is 2.13. The maximum Gasteiger partial charge on any atom is 0.313 e. The molecule has 2 rings (SSSR count). The summed E-state index contributed by atoms with van der Waals surface area (Å²) in [6.45, 7) is 2.54. The summed E-state index contributed by atoms with van der Waals surface area (Å²) >= 11 is 0. The Bertz CT molecular complexity index is 621. The van der Waals surface area contributed by atoms with E-state index in [1.807, 2.05) is 43.3 Å². The van der Waals surface area contributed by atoms with E-state index in [1.54, 1.807) is 14.2 Å². The van der Waals surface area contributed by atoms with Gasteiger partial charge in [0.2, 0.25) is 0 Å². The molecule has 0 saturated carbocycles. The Labute approximate surface area is 124 Å². The molecule has 0 aliphatic rings. The second-order valence-electron chi connectivity index (χ2n) is 4.85. The Kier molecular flexibility index (Phi) is 5.17. The Balaban J connectivity index is 2.16. The van der Waals surface area contributed by atoms with Gasteiger partial charge in [-0.15, -0.1) is 0 Å². The molecule has 0 spiro atoms. The number of ether oxygens (including phenoxy) is 3. The van der Waals surface area contributed by atoms with Crippen molar-refractivity contribution < 1.29 is 19.0 Å². The quantitative estimate of drug-likeness (QED) is 0.605. The Hall–Kier alpha value is -2.07. The van der Waals surface area contributed by atoms with E-state index < -0.39 is 0 Å². The smallest absolute Gasteiger partial charge is 0.313 e. The molecular weight excluding hydrogens is 268 g/mol. The third-order valence-electron chi connectivity index (χ3n) is 3.46. The molecule has 21 heavy (non-hydrogen) atoms. The second kappa shape index (κ2) is 7.09. The molecule has 0 saturated heterocycles. The molecule has 2 aromatic carbocycles. The Morgan fingerprint density at radius 1 is 1.05 bits per heavy atom. The third kappa shape index (κ3) is 3.73. The van der Waals surface area contributed by atoms with Gasteiger partial charge in [0.15, 0.2) is 0 Å². The monoisotopic (exact) mass is 288 g/mol. The van der Waals surface area contributed by atoms with E-state index in [9.17, 15) is 4.79 Å². The van der Waals surface area contributed by atoms with E-state index in [0.717, 1.165) is 22.1 Å². The topological polar surface area (TPSA) is 44.8 Å². The molecule has 0 radical (unpaired) electrons. The molecule has 0 fully saturated rings. The van der Waals surface area contributed by atoms with Crippen molar-refractivity contribution >= 4 is 16.7 Å². The average Bonchev–Trinajstić information content (AvgIpc) is 2.53. The van der Waals surface area contributed by atoms with Gasteiger partial charge in [-0.2, -0.15) is 0 Å². The fraction of sp³-hybridized carbons (Fsp3) is 0.353. The first-order valence-electron chi connectivity index (χ1n) is 6.89. The van der Waals surface area contributed by atoms with Gasteiger partial charge < -0.3 is 14.2 Å². The van der Waals surface area contributed by atoms with Crippen molar-refractivity contribution in [2.24, 2.45) is 0 Å². The highest BCUT2D eigenvalue weighted by atomic mass is 16.6. The lowest BCUT2D eigenvalue weighted by molar-refractivity contribution is -0.146. The first-order valence-corrected chi connectivity index (χ1v) is 6.89. The number of carbonyl (C=O) groups is 1. The summed E-state index contributed by atoms with van der Waals surface area (Å²) in [4.78, 5) is 12.0. The summed E-state index contributed by atoms with van der Waals surface area (Å²) < 4.78 is 15.2. The predicted octanol–water partition coefficient (Wildman–Crippen LogP) is 3.14. The van der Waals surface area contributed by atoms with Crippen molar-refractivity contribution in [3.8, 4) is 5.75 Å². The molecule has 0 bridgehead atoms. The zero-order valence-corrected chi connectivity index (χ0v) is 12.6. The molecular formula is C17H20O4. The molecule has 0 aromatic heterocycles. The minimum absolute atomic E-state index is 0.236. The number of fused-ring (bicyclic) bond motifs is 1. The average molecular weight is 288 g/mol. The van der Waals surface area contributed by atoms with E-state index >= 15 is 0 Å². The fourth-order valence-electron chi connectivity index (χ4n) is 2.13. The van der Waals surface area contributed by atoms with Crippen LogP contribution in [0.4, 0.5) is 0 Å². The summed E-state index contributed by atoms with van der Waals surface area (Å²) in [6, 6.07) is 11.8. The molecule has 0 N–H and O–H groups in total. The van der Waals surface area contributed by atoms with E-state index in [0.29, 0.717) is 6.61 Å². The lowest BCUT2D eigenvalue weighted by Gasteiger charge is -2.12. The van der Waals surface area contributed by atoms with Gasteiger partial charge >= 0.3 is 5.97 Å². The number of carbonyl (C=O) groups excluding carboxylic acids is 1. The first-order chi connectivity index (χ1) is 10.2. The van der Waals surface area contributed by atoms with Crippen LogP contribution in [0.25, 0.3) is 10.8 Å². The van der Waals surface area contributed by atoms with Crippen molar-refractivity contribution in [1.82, 2.24) is 0 Å². The van der Waals surface area contributed by atoms with Gasteiger partial charge in [-0.1, -0.05) is 24.3 Å². The number of methoxy groups -OCH3 is 2. The molecule has 0 amide bonds. The van der Waals surface area contributed by atoms with Gasteiger partial charge in [0.25, 0.3) is 0 Å². The van der Waals surface area contributed by atoms with E-state index in [4.69, 9.17) is 14.2 Å². The number of hydrogen-bond donors (Lipinski definition) is 0. The van der Waals surface area contributed by atoms with E-state index in [2.05, 4.69) is 0 Å². The predicted molar refractivity (Wildman–Crippen MR) is 81.8 cm³/mol. The lowest BCUT2D eigenvalue weighted by atomic mass is 9.98. The van der Waals surface area contributed by atoms with Crippen molar-refractivity contribution in [1.29, 1.82) is 0 Å². The van der Waals surface area contributed by atoms with E-state index in [-0.39, 0.29) is 18.5 Å². The van der Waals surface area contributed by atoms with Gasteiger partial charge in [0, 0.05) is 7.11 Å². The van der Waals surface area contributed by atoms with Crippen LogP contribution >= 0.6 is 0 Å². The molecule has 2 aromatic rings. The van der Waals surface area contributed by atoms with Crippen LogP contribution in [0.2, 0.25) is 0 Å². The highest BCUT2D eigenvalue weighted by molar-refractivity contribution is 5.86. The summed E-state index contributed by atoms with van der Waals surface area (Å²) in [5.41, 5.74) is 0.940. The number of esters is 1.